The van der Waals surface area contributed by atoms with Crippen LogP contribution in [0.3, 0.4) is 0 Å². The Labute approximate surface area is 154 Å². The third-order valence-corrected chi connectivity index (χ3v) is 4.53. The van der Waals surface area contributed by atoms with E-state index in [2.05, 4.69) is 5.16 Å². The fourth-order valence-corrected chi connectivity index (χ4v) is 2.90. The highest BCUT2D eigenvalue weighted by atomic mass is 35.5. The first-order valence-electron chi connectivity index (χ1n) is 7.36. The van der Waals surface area contributed by atoms with Crippen LogP contribution in [0, 0.1) is 0 Å². The Morgan fingerprint density at radius 2 is 1.88 bits per heavy atom. The molecular formula is C18H15Cl2NO4. The molecule has 3 rings (SSSR count). The second-order valence-corrected chi connectivity index (χ2v) is 5.98. The van der Waals surface area contributed by atoms with Crippen molar-refractivity contribution in [2.24, 2.45) is 0 Å². The maximum atomic E-state index is 9.89. The van der Waals surface area contributed by atoms with Gasteiger partial charge in [0.2, 0.25) is 0 Å². The molecular weight excluding hydrogens is 365 g/mol. The molecule has 0 aliphatic heterocycles. The fraction of sp³-hybridized carbons (Fsp3) is 0.167. The number of rotatable bonds is 5. The third-order valence-electron chi connectivity index (χ3n) is 3.79. The van der Waals surface area contributed by atoms with Crippen molar-refractivity contribution in [3.05, 3.63) is 52.0 Å². The van der Waals surface area contributed by atoms with Gasteiger partial charge in [-0.2, -0.15) is 0 Å². The number of methoxy groups -OCH3 is 2. The van der Waals surface area contributed by atoms with Crippen molar-refractivity contribution in [3.63, 3.8) is 0 Å². The van der Waals surface area contributed by atoms with Gasteiger partial charge in [-0.05, 0) is 24.3 Å². The molecule has 0 saturated carbocycles. The predicted molar refractivity (Wildman–Crippen MR) is 96.4 cm³/mol. The van der Waals surface area contributed by atoms with Gasteiger partial charge in [0.15, 0.2) is 17.3 Å². The van der Waals surface area contributed by atoms with E-state index in [0.29, 0.717) is 49.7 Å². The van der Waals surface area contributed by atoms with Crippen molar-refractivity contribution in [3.8, 4) is 34.1 Å². The third kappa shape index (κ3) is 3.18. The van der Waals surface area contributed by atoms with E-state index < -0.39 is 0 Å². The van der Waals surface area contributed by atoms with Crippen molar-refractivity contribution in [2.75, 3.05) is 14.2 Å². The summed E-state index contributed by atoms with van der Waals surface area (Å²) in [6, 6.07) is 10.5. The molecule has 0 fully saturated rings. The average molecular weight is 380 g/mol. The van der Waals surface area contributed by atoms with Crippen LogP contribution in [-0.4, -0.2) is 24.5 Å². The lowest BCUT2D eigenvalue weighted by atomic mass is 10.0. The minimum Gasteiger partial charge on any atom is -0.493 e. The van der Waals surface area contributed by atoms with E-state index in [0.717, 1.165) is 0 Å². The maximum Gasteiger partial charge on any atom is 0.176 e. The summed E-state index contributed by atoms with van der Waals surface area (Å²) in [7, 11) is 3.09. The van der Waals surface area contributed by atoms with Crippen LogP contribution in [0.2, 0.25) is 10.0 Å². The topological polar surface area (TPSA) is 64.7 Å². The largest absolute Gasteiger partial charge is 0.493 e. The molecule has 0 aliphatic rings. The molecule has 1 N–H and O–H groups in total. The van der Waals surface area contributed by atoms with Crippen LogP contribution in [0.1, 0.15) is 5.56 Å². The van der Waals surface area contributed by atoms with E-state index in [1.165, 1.54) is 7.11 Å². The first-order chi connectivity index (χ1) is 12.1. The number of halogens is 2. The number of ether oxygens (including phenoxy) is 2. The minimum absolute atomic E-state index is 0.269. The molecule has 0 atom stereocenters. The molecule has 5 nitrogen and oxygen atoms in total. The van der Waals surface area contributed by atoms with E-state index in [-0.39, 0.29) is 6.61 Å². The minimum atomic E-state index is -0.269. The highest BCUT2D eigenvalue weighted by Gasteiger charge is 2.23. The molecule has 2 aromatic carbocycles. The second kappa shape index (κ2) is 7.35. The predicted octanol–water partition coefficient (Wildman–Crippen LogP) is 4.82. The van der Waals surface area contributed by atoms with Gasteiger partial charge >= 0.3 is 0 Å². The maximum absolute atomic E-state index is 9.89. The Bertz CT molecular complexity index is 908. The molecule has 25 heavy (non-hydrogen) atoms. The molecule has 0 radical (unpaired) electrons. The first-order valence-corrected chi connectivity index (χ1v) is 8.12. The van der Waals surface area contributed by atoms with Crippen LogP contribution >= 0.6 is 23.2 Å². The summed E-state index contributed by atoms with van der Waals surface area (Å²) in [4.78, 5) is 0. The summed E-state index contributed by atoms with van der Waals surface area (Å²) >= 11 is 12.0. The van der Waals surface area contributed by atoms with Gasteiger partial charge in [-0.3, -0.25) is 0 Å². The van der Waals surface area contributed by atoms with Gasteiger partial charge in [0.05, 0.1) is 42.0 Å². The normalized spacial score (nSPS) is 10.8. The van der Waals surface area contributed by atoms with Gasteiger partial charge in [-0.1, -0.05) is 40.5 Å². The molecule has 0 amide bonds. The average Bonchev–Trinajstić information content (AvgIpc) is 3.06. The van der Waals surface area contributed by atoms with Crippen LogP contribution in [0.25, 0.3) is 22.6 Å². The lowest BCUT2D eigenvalue weighted by Crippen LogP contribution is -1.95. The van der Waals surface area contributed by atoms with Crippen LogP contribution in [0.15, 0.2) is 40.9 Å². The highest BCUT2D eigenvalue weighted by molar-refractivity contribution is 6.42. The number of nitrogens with zero attached hydrogens (tertiary/aromatic N) is 1. The summed E-state index contributed by atoms with van der Waals surface area (Å²) in [5, 5.41) is 14.8. The summed E-state index contributed by atoms with van der Waals surface area (Å²) in [6.07, 6.45) is 0. The summed E-state index contributed by atoms with van der Waals surface area (Å²) in [6.45, 7) is -0.269. The van der Waals surface area contributed by atoms with Gasteiger partial charge in [-0.25, -0.2) is 0 Å². The van der Waals surface area contributed by atoms with Gasteiger partial charge in [0.1, 0.15) is 5.69 Å². The van der Waals surface area contributed by atoms with Gasteiger partial charge in [-0.15, -0.1) is 0 Å². The van der Waals surface area contributed by atoms with E-state index in [1.807, 2.05) is 0 Å². The van der Waals surface area contributed by atoms with E-state index in [9.17, 15) is 5.11 Å². The molecule has 0 saturated heterocycles. The van der Waals surface area contributed by atoms with E-state index in [4.69, 9.17) is 37.2 Å². The van der Waals surface area contributed by atoms with Crippen LogP contribution in [0.5, 0.6) is 11.5 Å². The number of para-hydroxylation sites is 1. The van der Waals surface area contributed by atoms with Crippen molar-refractivity contribution >= 4 is 23.2 Å². The highest BCUT2D eigenvalue weighted by Crippen LogP contribution is 2.42. The zero-order chi connectivity index (χ0) is 18.0. The Hall–Kier alpha value is -2.21. The van der Waals surface area contributed by atoms with Crippen LogP contribution < -0.4 is 9.47 Å². The molecule has 0 spiro atoms. The lowest BCUT2D eigenvalue weighted by molar-refractivity contribution is 0.281. The van der Waals surface area contributed by atoms with Crippen molar-refractivity contribution in [1.82, 2.24) is 5.16 Å². The number of aliphatic hydroxyl groups excluding tert-OH is 1. The molecule has 7 heteroatoms. The Balaban J connectivity index is 2.17. The summed E-state index contributed by atoms with van der Waals surface area (Å²) in [5.74, 6) is 1.45. The summed E-state index contributed by atoms with van der Waals surface area (Å²) < 4.78 is 16.3. The number of hydrogen-bond acceptors (Lipinski definition) is 5. The molecule has 3 aromatic rings. The van der Waals surface area contributed by atoms with E-state index >= 15 is 0 Å². The van der Waals surface area contributed by atoms with Gasteiger partial charge < -0.3 is 19.1 Å². The number of hydrogen-bond donors (Lipinski definition) is 1. The first kappa shape index (κ1) is 17.6. The van der Waals surface area contributed by atoms with Crippen molar-refractivity contribution in [2.45, 2.75) is 6.61 Å². The second-order valence-electron chi connectivity index (χ2n) is 5.17. The van der Waals surface area contributed by atoms with Gasteiger partial charge in [0, 0.05) is 5.56 Å². The van der Waals surface area contributed by atoms with E-state index in [1.54, 1.807) is 43.5 Å². The molecule has 0 aliphatic carbocycles. The standard InChI is InChI=1S/C18H15Cl2NO4/c1-23-15-5-3-4-11(18(15)24-2)17-12(9-22)16(21-25-17)10-6-7-13(19)14(20)8-10/h3-8,22H,9H2,1-2H3. The monoisotopic (exact) mass is 379 g/mol. The van der Waals surface area contributed by atoms with Crippen molar-refractivity contribution < 1.29 is 19.1 Å². The number of aromatic nitrogens is 1. The quantitative estimate of drug-likeness (QED) is 0.687. The number of aliphatic hydroxyl groups is 1. The van der Waals surface area contributed by atoms with Crippen molar-refractivity contribution in [1.29, 1.82) is 0 Å². The zero-order valence-electron chi connectivity index (χ0n) is 13.5. The SMILES string of the molecule is COc1cccc(-c2onc(-c3ccc(Cl)c(Cl)c3)c2CO)c1OC. The van der Waals surface area contributed by atoms with Gasteiger partial charge in [0.25, 0.3) is 0 Å². The Kier molecular flexibility index (Phi) is 5.18. The number of benzene rings is 2. The lowest BCUT2D eigenvalue weighted by Gasteiger charge is -2.11. The Morgan fingerprint density at radius 3 is 2.52 bits per heavy atom. The van der Waals surface area contributed by atoms with Crippen LogP contribution in [0.4, 0.5) is 0 Å². The molecule has 0 bridgehead atoms. The molecule has 1 heterocycles. The Morgan fingerprint density at radius 1 is 1.08 bits per heavy atom. The smallest absolute Gasteiger partial charge is 0.176 e. The summed E-state index contributed by atoms with van der Waals surface area (Å²) in [5.41, 5.74) is 2.32. The fourth-order valence-electron chi connectivity index (χ4n) is 2.60. The molecule has 130 valence electrons. The zero-order valence-corrected chi connectivity index (χ0v) is 15.1. The van der Waals surface area contributed by atoms with Crippen LogP contribution in [-0.2, 0) is 6.61 Å². The molecule has 0 unspecified atom stereocenters. The molecule has 1 aromatic heterocycles.